The molecule has 0 unspecified atom stereocenters. The van der Waals surface area contributed by atoms with Crippen molar-refractivity contribution in [3.8, 4) is 0 Å². The van der Waals surface area contributed by atoms with Crippen LogP contribution in [0.5, 0.6) is 0 Å². The SMILES string of the molecule is Cc1ccc2[nH]c(CCC(=O)NCCC[C@@H]3CCOC3)nc2c1C. The highest BCUT2D eigenvalue weighted by atomic mass is 16.5. The van der Waals surface area contributed by atoms with Crippen molar-refractivity contribution in [2.45, 2.75) is 46.0 Å². The first-order valence-corrected chi connectivity index (χ1v) is 8.92. The Hall–Kier alpha value is -1.88. The third-order valence-corrected chi connectivity index (χ3v) is 4.95. The van der Waals surface area contributed by atoms with E-state index in [1.807, 2.05) is 0 Å². The number of nitrogens with zero attached hydrogens (tertiary/aromatic N) is 1. The van der Waals surface area contributed by atoms with Crippen LogP contribution >= 0.6 is 0 Å². The van der Waals surface area contributed by atoms with Crippen LogP contribution in [0.3, 0.4) is 0 Å². The summed E-state index contributed by atoms with van der Waals surface area (Å²) in [4.78, 5) is 19.9. The summed E-state index contributed by atoms with van der Waals surface area (Å²) < 4.78 is 5.37. The highest BCUT2D eigenvalue weighted by Gasteiger charge is 2.15. The van der Waals surface area contributed by atoms with Gasteiger partial charge in [0.25, 0.3) is 0 Å². The van der Waals surface area contributed by atoms with Crippen LogP contribution in [0.2, 0.25) is 0 Å². The highest BCUT2D eigenvalue weighted by Crippen LogP contribution is 2.20. The van der Waals surface area contributed by atoms with Gasteiger partial charge in [-0.05, 0) is 56.2 Å². The number of aromatic amines is 1. The fourth-order valence-electron chi connectivity index (χ4n) is 3.23. The number of hydrogen-bond donors (Lipinski definition) is 2. The van der Waals surface area contributed by atoms with Gasteiger partial charge in [-0.2, -0.15) is 0 Å². The van der Waals surface area contributed by atoms with Crippen molar-refractivity contribution in [2.24, 2.45) is 5.92 Å². The van der Waals surface area contributed by atoms with Crippen molar-refractivity contribution in [3.63, 3.8) is 0 Å². The zero-order valence-electron chi connectivity index (χ0n) is 14.7. The molecule has 1 amide bonds. The van der Waals surface area contributed by atoms with E-state index in [0.717, 1.165) is 49.5 Å². The number of carbonyl (C=O) groups is 1. The Bertz CT molecular complexity index is 702. The number of benzene rings is 1. The van der Waals surface area contributed by atoms with Gasteiger partial charge in [0.05, 0.1) is 11.0 Å². The van der Waals surface area contributed by atoms with Gasteiger partial charge in [0, 0.05) is 32.6 Å². The summed E-state index contributed by atoms with van der Waals surface area (Å²) in [7, 11) is 0. The van der Waals surface area contributed by atoms with Gasteiger partial charge in [-0.25, -0.2) is 4.98 Å². The molecule has 1 aromatic carbocycles. The average Bonchev–Trinajstić information content (AvgIpc) is 3.23. The normalized spacial score (nSPS) is 17.5. The van der Waals surface area contributed by atoms with E-state index in [0.29, 0.717) is 18.8 Å². The second-order valence-electron chi connectivity index (χ2n) is 6.81. The van der Waals surface area contributed by atoms with E-state index >= 15 is 0 Å². The Balaban J connectivity index is 1.41. The summed E-state index contributed by atoms with van der Waals surface area (Å²) in [5.74, 6) is 1.67. The predicted octanol–water partition coefficient (Wildman–Crippen LogP) is 3.05. The number of fused-ring (bicyclic) bond motifs is 1. The molecule has 0 radical (unpaired) electrons. The van der Waals surface area contributed by atoms with Crippen molar-refractivity contribution in [1.29, 1.82) is 0 Å². The van der Waals surface area contributed by atoms with Crippen molar-refractivity contribution in [2.75, 3.05) is 19.8 Å². The maximum Gasteiger partial charge on any atom is 0.220 e. The Morgan fingerprint density at radius 1 is 1.42 bits per heavy atom. The molecular formula is C19H27N3O2. The van der Waals surface area contributed by atoms with Crippen LogP contribution in [-0.2, 0) is 16.0 Å². The number of ether oxygens (including phenoxy) is 1. The molecule has 1 aromatic heterocycles. The zero-order valence-corrected chi connectivity index (χ0v) is 14.7. The average molecular weight is 329 g/mol. The molecule has 1 fully saturated rings. The first-order valence-electron chi connectivity index (χ1n) is 8.92. The van der Waals surface area contributed by atoms with Crippen LogP contribution in [0.25, 0.3) is 11.0 Å². The lowest BCUT2D eigenvalue weighted by molar-refractivity contribution is -0.121. The van der Waals surface area contributed by atoms with Crippen LogP contribution in [0.4, 0.5) is 0 Å². The standard InChI is InChI=1S/C19H27N3O2/c1-13-5-6-16-19(14(13)2)22-17(21-16)7-8-18(23)20-10-3-4-15-9-11-24-12-15/h5-6,15H,3-4,7-12H2,1-2H3,(H,20,23)(H,21,22)/t15-/m1/s1. The van der Waals surface area contributed by atoms with E-state index in [2.05, 4.69) is 41.3 Å². The van der Waals surface area contributed by atoms with E-state index in [-0.39, 0.29) is 5.91 Å². The summed E-state index contributed by atoms with van der Waals surface area (Å²) in [5.41, 5.74) is 4.51. The van der Waals surface area contributed by atoms with Gasteiger partial charge in [0.15, 0.2) is 0 Å². The Kier molecular flexibility index (Phi) is 5.51. The highest BCUT2D eigenvalue weighted by molar-refractivity contribution is 5.80. The van der Waals surface area contributed by atoms with Crippen LogP contribution in [-0.4, -0.2) is 35.6 Å². The summed E-state index contributed by atoms with van der Waals surface area (Å²) >= 11 is 0. The Morgan fingerprint density at radius 2 is 2.29 bits per heavy atom. The lowest BCUT2D eigenvalue weighted by atomic mass is 10.0. The number of aryl methyl sites for hydroxylation is 3. The molecule has 1 atom stereocenters. The minimum absolute atomic E-state index is 0.103. The van der Waals surface area contributed by atoms with Gasteiger partial charge in [0.1, 0.15) is 5.82 Å². The number of rotatable bonds is 7. The smallest absolute Gasteiger partial charge is 0.220 e. The number of H-pyrrole nitrogens is 1. The topological polar surface area (TPSA) is 67.0 Å². The van der Waals surface area contributed by atoms with Crippen molar-refractivity contribution >= 4 is 16.9 Å². The number of nitrogens with one attached hydrogen (secondary N) is 2. The second kappa shape index (κ2) is 7.79. The van der Waals surface area contributed by atoms with E-state index in [4.69, 9.17) is 4.74 Å². The van der Waals surface area contributed by atoms with Crippen molar-refractivity contribution < 1.29 is 9.53 Å². The minimum atomic E-state index is 0.103. The first-order chi connectivity index (χ1) is 11.6. The number of hydrogen-bond acceptors (Lipinski definition) is 3. The third-order valence-electron chi connectivity index (χ3n) is 4.95. The Morgan fingerprint density at radius 3 is 3.08 bits per heavy atom. The molecule has 2 heterocycles. The molecule has 2 N–H and O–H groups in total. The Labute approximate surface area is 143 Å². The number of imidazole rings is 1. The monoisotopic (exact) mass is 329 g/mol. The molecule has 1 aliphatic rings. The van der Waals surface area contributed by atoms with Gasteiger partial charge in [-0.3, -0.25) is 4.79 Å². The summed E-state index contributed by atoms with van der Waals surface area (Å²) in [6.07, 6.45) is 4.46. The van der Waals surface area contributed by atoms with Crippen LogP contribution < -0.4 is 5.32 Å². The molecule has 1 aliphatic heterocycles. The van der Waals surface area contributed by atoms with Gasteiger partial charge in [-0.15, -0.1) is 0 Å². The third kappa shape index (κ3) is 4.15. The molecule has 130 valence electrons. The summed E-state index contributed by atoms with van der Waals surface area (Å²) in [5, 5.41) is 3.01. The van der Waals surface area contributed by atoms with Gasteiger partial charge in [-0.1, -0.05) is 6.07 Å². The largest absolute Gasteiger partial charge is 0.381 e. The zero-order chi connectivity index (χ0) is 16.9. The van der Waals surface area contributed by atoms with Crippen LogP contribution in [0, 0.1) is 19.8 Å². The van der Waals surface area contributed by atoms with E-state index in [1.165, 1.54) is 17.5 Å². The lowest BCUT2D eigenvalue weighted by Gasteiger charge is -2.08. The van der Waals surface area contributed by atoms with Crippen molar-refractivity contribution in [3.05, 3.63) is 29.1 Å². The van der Waals surface area contributed by atoms with Gasteiger partial charge in [0.2, 0.25) is 5.91 Å². The molecule has 1 saturated heterocycles. The fourth-order valence-corrected chi connectivity index (χ4v) is 3.23. The molecule has 0 bridgehead atoms. The second-order valence-corrected chi connectivity index (χ2v) is 6.81. The molecule has 0 saturated carbocycles. The maximum atomic E-state index is 12.0. The van der Waals surface area contributed by atoms with Gasteiger partial charge < -0.3 is 15.0 Å². The number of aromatic nitrogens is 2. The molecule has 24 heavy (non-hydrogen) atoms. The first kappa shape index (κ1) is 17.0. The molecule has 0 spiro atoms. The predicted molar refractivity (Wildman–Crippen MR) is 95.1 cm³/mol. The van der Waals surface area contributed by atoms with E-state index < -0.39 is 0 Å². The van der Waals surface area contributed by atoms with E-state index in [9.17, 15) is 4.79 Å². The fraction of sp³-hybridized carbons (Fsp3) is 0.579. The summed E-state index contributed by atoms with van der Waals surface area (Å²) in [6, 6.07) is 4.16. The molecule has 3 rings (SSSR count). The number of carbonyl (C=O) groups excluding carboxylic acids is 1. The molecule has 0 aliphatic carbocycles. The maximum absolute atomic E-state index is 12.0. The summed E-state index contributed by atoms with van der Waals surface area (Å²) in [6.45, 7) is 6.72. The molecule has 5 heteroatoms. The van der Waals surface area contributed by atoms with Crippen LogP contribution in [0.15, 0.2) is 12.1 Å². The van der Waals surface area contributed by atoms with Gasteiger partial charge >= 0.3 is 0 Å². The lowest BCUT2D eigenvalue weighted by Crippen LogP contribution is -2.25. The van der Waals surface area contributed by atoms with Crippen LogP contribution in [0.1, 0.15) is 42.6 Å². The molecule has 2 aromatic rings. The molecule has 5 nitrogen and oxygen atoms in total. The number of amides is 1. The molecular weight excluding hydrogens is 302 g/mol. The van der Waals surface area contributed by atoms with Crippen molar-refractivity contribution in [1.82, 2.24) is 15.3 Å². The minimum Gasteiger partial charge on any atom is -0.381 e. The van der Waals surface area contributed by atoms with E-state index in [1.54, 1.807) is 0 Å². The quantitative estimate of drug-likeness (QED) is 0.767.